The van der Waals surface area contributed by atoms with Crippen LogP contribution >= 0.6 is 11.8 Å². The van der Waals surface area contributed by atoms with Gasteiger partial charge < -0.3 is 14.8 Å². The van der Waals surface area contributed by atoms with Crippen LogP contribution in [-0.2, 0) is 14.3 Å². The molecule has 0 aliphatic heterocycles. The van der Waals surface area contributed by atoms with Crippen LogP contribution in [0.5, 0.6) is 5.75 Å². The lowest BCUT2D eigenvalue weighted by Gasteiger charge is -2.19. The number of thioether (sulfide) groups is 1. The van der Waals surface area contributed by atoms with E-state index in [0.29, 0.717) is 29.4 Å². The van der Waals surface area contributed by atoms with Crippen molar-refractivity contribution in [2.45, 2.75) is 24.3 Å². The summed E-state index contributed by atoms with van der Waals surface area (Å²) < 4.78 is 11.2. The fraction of sp³-hybridized carbons (Fsp3) is 0.200. The van der Waals surface area contributed by atoms with Crippen molar-refractivity contribution in [2.75, 3.05) is 17.7 Å². The number of benzene rings is 3. The van der Waals surface area contributed by atoms with Gasteiger partial charge in [0, 0.05) is 16.2 Å². The summed E-state index contributed by atoms with van der Waals surface area (Å²) in [4.78, 5) is 26.6. The molecule has 5 nitrogen and oxygen atoms in total. The maximum atomic E-state index is 13.1. The van der Waals surface area contributed by atoms with E-state index in [1.54, 1.807) is 36.0 Å². The third-order valence-corrected chi connectivity index (χ3v) is 5.37. The van der Waals surface area contributed by atoms with E-state index in [1.165, 1.54) is 0 Å². The molecule has 0 heterocycles. The molecular weight excluding hydrogens is 410 g/mol. The highest BCUT2D eigenvalue weighted by atomic mass is 32.2. The summed E-state index contributed by atoms with van der Waals surface area (Å²) in [6, 6.07) is 26.0. The lowest BCUT2D eigenvalue weighted by atomic mass is 10.1. The van der Waals surface area contributed by atoms with Crippen molar-refractivity contribution in [3.8, 4) is 5.75 Å². The van der Waals surface area contributed by atoms with Gasteiger partial charge in [0.15, 0.2) is 0 Å². The maximum absolute atomic E-state index is 13.1. The summed E-state index contributed by atoms with van der Waals surface area (Å²) in [7, 11) is 0. The summed E-state index contributed by atoms with van der Waals surface area (Å²) in [5.74, 6) is 0.280. The highest BCUT2D eigenvalue weighted by molar-refractivity contribution is 7.99. The zero-order chi connectivity index (χ0) is 21.9. The molecule has 6 heteroatoms. The molecule has 0 saturated carbocycles. The van der Waals surface area contributed by atoms with Crippen LogP contribution < -0.4 is 10.1 Å². The number of rotatable bonds is 10. The molecule has 1 unspecified atom stereocenters. The number of ether oxygens (including phenoxy) is 2. The van der Waals surface area contributed by atoms with Crippen molar-refractivity contribution in [3.05, 3.63) is 90.5 Å². The van der Waals surface area contributed by atoms with Gasteiger partial charge >= 0.3 is 5.97 Å². The first-order chi connectivity index (χ1) is 15.2. The van der Waals surface area contributed by atoms with E-state index in [1.807, 2.05) is 67.6 Å². The highest BCUT2D eigenvalue weighted by Gasteiger charge is 2.25. The number of amides is 1. The number of nitrogens with one attached hydrogen (secondary N) is 1. The van der Waals surface area contributed by atoms with Gasteiger partial charge in [0.1, 0.15) is 5.75 Å². The second kappa shape index (κ2) is 11.8. The largest absolute Gasteiger partial charge is 0.492 e. The first-order valence-corrected chi connectivity index (χ1v) is 11.1. The Morgan fingerprint density at radius 1 is 0.903 bits per heavy atom. The molecule has 160 valence electrons. The maximum Gasteiger partial charge on any atom is 0.307 e. The van der Waals surface area contributed by atoms with Gasteiger partial charge in [0.05, 0.1) is 18.7 Å². The Morgan fingerprint density at radius 3 is 2.26 bits per heavy atom. The Bertz CT molecular complexity index is 979. The topological polar surface area (TPSA) is 64.6 Å². The fourth-order valence-corrected chi connectivity index (χ4v) is 3.76. The second-order valence-corrected chi connectivity index (χ2v) is 7.78. The lowest BCUT2D eigenvalue weighted by molar-refractivity contribution is -0.154. The van der Waals surface area contributed by atoms with Gasteiger partial charge in [-0.05, 0) is 31.2 Å². The van der Waals surface area contributed by atoms with Crippen LogP contribution in [0.2, 0.25) is 0 Å². The van der Waals surface area contributed by atoms with Crippen molar-refractivity contribution in [1.82, 2.24) is 0 Å². The van der Waals surface area contributed by atoms with Crippen molar-refractivity contribution in [2.24, 2.45) is 0 Å². The molecule has 0 aliphatic carbocycles. The molecule has 0 aliphatic rings. The second-order valence-electron chi connectivity index (χ2n) is 6.61. The van der Waals surface area contributed by atoms with E-state index in [0.717, 1.165) is 4.90 Å². The number of carbonyl (C=O) groups is 2. The lowest BCUT2D eigenvalue weighted by Crippen LogP contribution is -2.26. The number of anilines is 1. The van der Waals surface area contributed by atoms with Crippen molar-refractivity contribution in [1.29, 1.82) is 0 Å². The molecule has 31 heavy (non-hydrogen) atoms. The van der Waals surface area contributed by atoms with Gasteiger partial charge in [-0.1, -0.05) is 60.7 Å². The van der Waals surface area contributed by atoms with Gasteiger partial charge in [-0.3, -0.25) is 9.59 Å². The Morgan fingerprint density at radius 2 is 1.55 bits per heavy atom. The summed E-state index contributed by atoms with van der Waals surface area (Å²) in [5.41, 5.74) is 1.14. The predicted molar refractivity (Wildman–Crippen MR) is 123 cm³/mol. The molecule has 0 spiro atoms. The molecule has 0 saturated heterocycles. The van der Waals surface area contributed by atoms with E-state index in [9.17, 15) is 9.59 Å². The molecule has 0 aromatic heterocycles. The molecule has 3 rings (SSSR count). The van der Waals surface area contributed by atoms with Crippen LogP contribution in [0.4, 0.5) is 5.69 Å². The zero-order valence-corrected chi connectivity index (χ0v) is 18.1. The quantitative estimate of drug-likeness (QED) is 0.337. The van der Waals surface area contributed by atoms with E-state index in [4.69, 9.17) is 9.47 Å². The minimum absolute atomic E-state index is 0.200. The number of esters is 1. The molecule has 0 bridgehead atoms. The van der Waals surface area contributed by atoms with Crippen molar-refractivity contribution < 1.29 is 19.1 Å². The third kappa shape index (κ3) is 6.89. The molecule has 3 aromatic carbocycles. The summed E-state index contributed by atoms with van der Waals surface area (Å²) in [6.45, 7) is 2.35. The Labute approximate surface area is 186 Å². The molecule has 3 aromatic rings. The van der Waals surface area contributed by atoms with Gasteiger partial charge in [-0.15, -0.1) is 11.8 Å². The van der Waals surface area contributed by atoms with E-state index >= 15 is 0 Å². The van der Waals surface area contributed by atoms with Crippen LogP contribution in [0, 0.1) is 0 Å². The summed E-state index contributed by atoms with van der Waals surface area (Å²) in [5, 5.41) is 2.83. The molecule has 1 N–H and O–H groups in total. The van der Waals surface area contributed by atoms with Gasteiger partial charge in [-0.25, -0.2) is 0 Å². The van der Waals surface area contributed by atoms with E-state index < -0.39 is 18.0 Å². The summed E-state index contributed by atoms with van der Waals surface area (Å²) in [6.07, 6.45) is -0.851. The van der Waals surface area contributed by atoms with Crippen LogP contribution in [-0.4, -0.2) is 24.2 Å². The smallest absolute Gasteiger partial charge is 0.307 e. The Hall–Kier alpha value is -3.25. The fourth-order valence-electron chi connectivity index (χ4n) is 2.91. The minimum Gasteiger partial charge on any atom is -0.492 e. The Kier molecular flexibility index (Phi) is 8.55. The molecular formula is C25H25NO4S. The monoisotopic (exact) mass is 435 g/mol. The van der Waals surface area contributed by atoms with Crippen molar-refractivity contribution >= 4 is 29.3 Å². The van der Waals surface area contributed by atoms with Gasteiger partial charge in [0.2, 0.25) is 6.10 Å². The normalized spacial score (nSPS) is 11.4. The van der Waals surface area contributed by atoms with Gasteiger partial charge in [-0.2, -0.15) is 0 Å². The Balaban J connectivity index is 1.67. The summed E-state index contributed by atoms with van der Waals surface area (Å²) >= 11 is 1.57. The van der Waals surface area contributed by atoms with Crippen molar-refractivity contribution in [3.63, 3.8) is 0 Å². The van der Waals surface area contributed by atoms with Crippen LogP contribution in [0.25, 0.3) is 0 Å². The standard InChI is InChI=1S/C25H25NO4S/c1-2-29-22-16-10-9-15-21(22)26-25(28)24(19-11-5-3-6-12-19)30-23(27)17-18-31-20-13-7-4-8-14-20/h3-16,24H,2,17-18H2,1H3,(H,26,28). The predicted octanol–water partition coefficient (Wildman–Crippen LogP) is 5.49. The van der Waals surface area contributed by atoms with E-state index in [-0.39, 0.29) is 6.42 Å². The van der Waals surface area contributed by atoms with E-state index in [2.05, 4.69) is 5.32 Å². The van der Waals surface area contributed by atoms with Crippen LogP contribution in [0.15, 0.2) is 89.8 Å². The molecule has 1 atom stereocenters. The SMILES string of the molecule is CCOc1ccccc1NC(=O)C(OC(=O)CCSc1ccccc1)c1ccccc1. The average molecular weight is 436 g/mol. The first-order valence-electron chi connectivity index (χ1n) is 10.1. The van der Waals surface area contributed by atoms with Gasteiger partial charge in [0.25, 0.3) is 5.91 Å². The van der Waals surface area contributed by atoms with Crippen LogP contribution in [0.3, 0.4) is 0 Å². The number of carbonyl (C=O) groups excluding carboxylic acids is 2. The highest BCUT2D eigenvalue weighted by Crippen LogP contribution is 2.27. The molecule has 1 amide bonds. The molecule has 0 radical (unpaired) electrons. The average Bonchev–Trinajstić information content (AvgIpc) is 2.80. The number of hydrogen-bond donors (Lipinski definition) is 1. The molecule has 0 fully saturated rings. The minimum atomic E-state index is -1.05. The first kappa shape index (κ1) is 22.4. The van der Waals surface area contributed by atoms with Crippen LogP contribution in [0.1, 0.15) is 25.0 Å². The number of hydrogen-bond acceptors (Lipinski definition) is 5. The zero-order valence-electron chi connectivity index (χ0n) is 17.3. The number of para-hydroxylation sites is 2. The third-order valence-electron chi connectivity index (χ3n) is 4.35.